The molecular weight excluding hydrogens is 268 g/mol. The van der Waals surface area contributed by atoms with Gasteiger partial charge in [0.05, 0.1) is 0 Å². The van der Waals surface area contributed by atoms with Gasteiger partial charge in [-0.1, -0.05) is 6.07 Å². The van der Waals surface area contributed by atoms with E-state index in [0.29, 0.717) is 5.56 Å². The molecule has 2 amide bonds. The van der Waals surface area contributed by atoms with E-state index in [0.717, 1.165) is 16.8 Å². The van der Waals surface area contributed by atoms with Crippen molar-refractivity contribution in [1.82, 2.24) is 5.48 Å². The van der Waals surface area contributed by atoms with Crippen molar-refractivity contribution in [3.8, 4) is 0 Å². The standard InChI is InChI=1S/C16H16N2O3/c1-10-3-8-14(9-11(10)2)17-15(19)12-4-6-13(7-5-12)16(20)18-21/h3-9,21H,1-2H3,(H,17,19)(H,18,20). The SMILES string of the molecule is Cc1ccc(NC(=O)c2ccc(C(=O)NO)cc2)cc1C. The van der Waals surface area contributed by atoms with Gasteiger partial charge in [0.15, 0.2) is 0 Å². The number of rotatable bonds is 3. The first-order valence-electron chi connectivity index (χ1n) is 6.44. The number of anilines is 1. The number of carbonyl (C=O) groups is 2. The van der Waals surface area contributed by atoms with Gasteiger partial charge in [-0.3, -0.25) is 14.8 Å². The van der Waals surface area contributed by atoms with Gasteiger partial charge in [-0.25, -0.2) is 5.48 Å². The molecule has 0 spiro atoms. The fraction of sp³-hybridized carbons (Fsp3) is 0.125. The Morgan fingerprint density at radius 2 is 1.43 bits per heavy atom. The fourth-order valence-corrected chi connectivity index (χ4v) is 1.86. The molecule has 108 valence electrons. The number of carbonyl (C=O) groups excluding carboxylic acids is 2. The van der Waals surface area contributed by atoms with Crippen LogP contribution in [0, 0.1) is 13.8 Å². The van der Waals surface area contributed by atoms with Crippen molar-refractivity contribution in [3.05, 3.63) is 64.7 Å². The predicted octanol–water partition coefficient (Wildman–Crippen LogP) is 2.67. The summed E-state index contributed by atoms with van der Waals surface area (Å²) in [5.41, 5.74) is 5.23. The van der Waals surface area contributed by atoms with E-state index < -0.39 is 5.91 Å². The summed E-state index contributed by atoms with van der Waals surface area (Å²) in [4.78, 5) is 23.3. The largest absolute Gasteiger partial charge is 0.322 e. The zero-order valence-corrected chi connectivity index (χ0v) is 11.8. The molecule has 2 aromatic rings. The van der Waals surface area contributed by atoms with Crippen LogP contribution in [0.5, 0.6) is 0 Å². The highest BCUT2D eigenvalue weighted by Crippen LogP contribution is 2.15. The summed E-state index contributed by atoms with van der Waals surface area (Å²) in [6, 6.07) is 11.7. The third-order valence-corrected chi connectivity index (χ3v) is 3.28. The van der Waals surface area contributed by atoms with Gasteiger partial charge >= 0.3 is 0 Å². The van der Waals surface area contributed by atoms with Gasteiger partial charge in [0.25, 0.3) is 11.8 Å². The summed E-state index contributed by atoms with van der Waals surface area (Å²) in [6.07, 6.45) is 0. The third-order valence-electron chi connectivity index (χ3n) is 3.28. The van der Waals surface area contributed by atoms with Crippen LogP contribution in [0.1, 0.15) is 31.8 Å². The van der Waals surface area contributed by atoms with Crippen molar-refractivity contribution in [1.29, 1.82) is 0 Å². The fourth-order valence-electron chi connectivity index (χ4n) is 1.86. The topological polar surface area (TPSA) is 78.4 Å². The van der Waals surface area contributed by atoms with Crippen LogP contribution >= 0.6 is 0 Å². The van der Waals surface area contributed by atoms with E-state index in [2.05, 4.69) is 5.32 Å². The highest BCUT2D eigenvalue weighted by Gasteiger charge is 2.09. The molecular formula is C16H16N2O3. The second-order valence-corrected chi connectivity index (χ2v) is 4.77. The van der Waals surface area contributed by atoms with Gasteiger partial charge in [0.2, 0.25) is 0 Å². The minimum atomic E-state index is -0.615. The van der Waals surface area contributed by atoms with Gasteiger partial charge < -0.3 is 5.32 Å². The number of hydroxylamine groups is 1. The number of hydrogen-bond donors (Lipinski definition) is 3. The molecule has 0 radical (unpaired) electrons. The third kappa shape index (κ3) is 3.46. The summed E-state index contributed by atoms with van der Waals surface area (Å²) in [7, 11) is 0. The molecule has 0 atom stereocenters. The van der Waals surface area contributed by atoms with Gasteiger partial charge in [-0.15, -0.1) is 0 Å². The lowest BCUT2D eigenvalue weighted by molar-refractivity contribution is 0.0706. The molecule has 21 heavy (non-hydrogen) atoms. The van der Waals surface area contributed by atoms with E-state index in [9.17, 15) is 9.59 Å². The molecule has 0 aliphatic rings. The Morgan fingerprint density at radius 1 is 0.857 bits per heavy atom. The molecule has 0 bridgehead atoms. The zero-order chi connectivity index (χ0) is 15.4. The van der Waals surface area contributed by atoms with E-state index in [1.165, 1.54) is 24.3 Å². The number of nitrogens with one attached hydrogen (secondary N) is 2. The van der Waals surface area contributed by atoms with Crippen molar-refractivity contribution in [3.63, 3.8) is 0 Å². The Hall–Kier alpha value is -2.66. The van der Waals surface area contributed by atoms with Crippen LogP contribution in [0.3, 0.4) is 0 Å². The molecule has 5 nitrogen and oxygen atoms in total. The lowest BCUT2D eigenvalue weighted by Gasteiger charge is -2.08. The van der Waals surface area contributed by atoms with Crippen LogP contribution in [0.4, 0.5) is 5.69 Å². The number of hydrogen-bond acceptors (Lipinski definition) is 3. The van der Waals surface area contributed by atoms with E-state index in [-0.39, 0.29) is 11.5 Å². The first-order chi connectivity index (χ1) is 10.0. The number of benzene rings is 2. The van der Waals surface area contributed by atoms with Crippen molar-refractivity contribution in [2.75, 3.05) is 5.32 Å². The Balaban J connectivity index is 2.13. The Morgan fingerprint density at radius 3 is 1.95 bits per heavy atom. The monoisotopic (exact) mass is 284 g/mol. The minimum Gasteiger partial charge on any atom is -0.322 e. The summed E-state index contributed by atoms with van der Waals surface area (Å²) in [5.74, 6) is -0.870. The molecule has 0 aromatic heterocycles. The maximum atomic E-state index is 12.1. The van der Waals surface area contributed by atoms with Gasteiger partial charge in [-0.2, -0.15) is 0 Å². The van der Waals surface area contributed by atoms with Crippen LogP contribution in [0.25, 0.3) is 0 Å². The smallest absolute Gasteiger partial charge is 0.274 e. The second-order valence-electron chi connectivity index (χ2n) is 4.77. The van der Waals surface area contributed by atoms with Gasteiger partial charge in [0.1, 0.15) is 0 Å². The van der Waals surface area contributed by atoms with Crippen LogP contribution in [-0.2, 0) is 0 Å². The van der Waals surface area contributed by atoms with E-state index in [1.54, 1.807) is 5.48 Å². The Labute approximate surface area is 122 Å². The van der Waals surface area contributed by atoms with E-state index >= 15 is 0 Å². The van der Waals surface area contributed by atoms with Crippen molar-refractivity contribution >= 4 is 17.5 Å². The summed E-state index contributed by atoms with van der Waals surface area (Å²) in [5, 5.41) is 11.3. The highest BCUT2D eigenvalue weighted by molar-refractivity contribution is 6.05. The van der Waals surface area contributed by atoms with E-state index in [1.807, 2.05) is 32.0 Å². The Bertz CT molecular complexity index is 678. The molecule has 0 heterocycles. The van der Waals surface area contributed by atoms with Gasteiger partial charge in [-0.05, 0) is 61.4 Å². The average Bonchev–Trinajstić information content (AvgIpc) is 2.50. The molecule has 3 N–H and O–H groups in total. The molecule has 0 saturated carbocycles. The molecule has 5 heteroatoms. The first kappa shape index (κ1) is 14.7. The molecule has 0 aliphatic carbocycles. The lowest BCUT2D eigenvalue weighted by Crippen LogP contribution is -2.19. The summed E-state index contributed by atoms with van der Waals surface area (Å²) < 4.78 is 0. The number of aryl methyl sites for hydroxylation is 2. The molecule has 0 unspecified atom stereocenters. The highest BCUT2D eigenvalue weighted by atomic mass is 16.5. The van der Waals surface area contributed by atoms with Crippen LogP contribution in [-0.4, -0.2) is 17.0 Å². The second kappa shape index (κ2) is 6.19. The van der Waals surface area contributed by atoms with Crippen molar-refractivity contribution in [2.45, 2.75) is 13.8 Å². The first-order valence-corrected chi connectivity index (χ1v) is 6.44. The van der Waals surface area contributed by atoms with Crippen LogP contribution in [0.2, 0.25) is 0 Å². The maximum absolute atomic E-state index is 12.1. The van der Waals surface area contributed by atoms with Crippen molar-refractivity contribution < 1.29 is 14.8 Å². The molecule has 0 fully saturated rings. The van der Waals surface area contributed by atoms with Gasteiger partial charge in [0, 0.05) is 16.8 Å². The average molecular weight is 284 g/mol. The summed E-state index contributed by atoms with van der Waals surface area (Å²) in [6.45, 7) is 3.99. The molecule has 2 aromatic carbocycles. The molecule has 0 aliphatic heterocycles. The quantitative estimate of drug-likeness (QED) is 0.599. The van der Waals surface area contributed by atoms with Crippen LogP contribution < -0.4 is 10.8 Å². The van der Waals surface area contributed by atoms with Crippen LogP contribution in [0.15, 0.2) is 42.5 Å². The molecule has 2 rings (SSSR count). The maximum Gasteiger partial charge on any atom is 0.274 e. The summed E-state index contributed by atoms with van der Waals surface area (Å²) >= 11 is 0. The van der Waals surface area contributed by atoms with E-state index in [4.69, 9.17) is 5.21 Å². The predicted molar refractivity (Wildman–Crippen MR) is 79.6 cm³/mol. The zero-order valence-electron chi connectivity index (χ0n) is 11.8. The molecule has 0 saturated heterocycles. The minimum absolute atomic E-state index is 0.255. The van der Waals surface area contributed by atoms with Crippen molar-refractivity contribution in [2.24, 2.45) is 0 Å². The Kier molecular flexibility index (Phi) is 4.35. The number of amides is 2. The lowest BCUT2D eigenvalue weighted by atomic mass is 10.1. The normalized spacial score (nSPS) is 10.0.